The van der Waals surface area contributed by atoms with E-state index in [4.69, 9.17) is 0 Å². The summed E-state index contributed by atoms with van der Waals surface area (Å²) in [5.74, 6) is 0. The van der Waals surface area contributed by atoms with Crippen molar-refractivity contribution in [1.82, 2.24) is 0 Å². The van der Waals surface area contributed by atoms with E-state index >= 15 is 0 Å². The van der Waals surface area contributed by atoms with Gasteiger partial charge < -0.3 is 0 Å². The molecule has 0 bridgehead atoms. The minimum absolute atomic E-state index is 0.989. The largest absolute Gasteiger partial charge is 0.141 e. The van der Waals surface area contributed by atoms with E-state index in [0.717, 1.165) is 18.2 Å². The molecule has 0 unspecified atom stereocenters. The molecule has 0 radical (unpaired) electrons. The molecule has 2 heteroatoms. The average molecular weight is 259 g/mol. The Hall–Kier alpha value is -0.0800. The van der Waals surface area contributed by atoms with Gasteiger partial charge >= 0.3 is 0 Å². The summed E-state index contributed by atoms with van der Waals surface area (Å²) in [5, 5.41) is 0.989. The second-order valence-electron chi connectivity index (χ2n) is 2.95. The van der Waals surface area contributed by atoms with Crippen LogP contribution in [-0.4, -0.2) is 5.33 Å². The lowest BCUT2D eigenvalue weighted by atomic mass is 10.2. The highest BCUT2D eigenvalue weighted by atomic mass is 79.9. The van der Waals surface area contributed by atoms with Crippen LogP contribution in [-0.2, 0) is 6.42 Å². The van der Waals surface area contributed by atoms with Gasteiger partial charge in [0.05, 0.1) is 0 Å². The zero-order valence-corrected chi connectivity index (χ0v) is 10.5. The molecule has 0 nitrogen and oxygen atoms in total. The topological polar surface area (TPSA) is 0 Å². The van der Waals surface area contributed by atoms with Gasteiger partial charge in [0.15, 0.2) is 0 Å². The van der Waals surface area contributed by atoms with Gasteiger partial charge in [-0.2, -0.15) is 0 Å². The number of halogens is 1. The summed E-state index contributed by atoms with van der Waals surface area (Å²) in [7, 11) is 0. The van der Waals surface area contributed by atoms with Gasteiger partial charge in [0.1, 0.15) is 0 Å². The highest BCUT2D eigenvalue weighted by Crippen LogP contribution is 2.21. The van der Waals surface area contributed by atoms with E-state index in [9.17, 15) is 0 Å². The van der Waals surface area contributed by atoms with Crippen LogP contribution in [0.3, 0.4) is 0 Å². The summed E-state index contributed by atoms with van der Waals surface area (Å²) in [5.41, 5.74) is 1.46. The van der Waals surface area contributed by atoms with E-state index in [-0.39, 0.29) is 0 Å². The maximum atomic E-state index is 3.49. The van der Waals surface area contributed by atoms with Crippen molar-refractivity contribution in [1.29, 1.82) is 0 Å². The SMILES string of the molecule is CCC(=Cc1ccc(CC)s1)CBr. The van der Waals surface area contributed by atoms with Gasteiger partial charge in [0.25, 0.3) is 0 Å². The molecule has 0 amide bonds. The molecule has 72 valence electrons. The number of allylic oxidation sites excluding steroid dienone is 1. The fraction of sp³-hybridized carbons (Fsp3) is 0.455. The third-order valence-electron chi connectivity index (χ3n) is 2.00. The normalized spacial score (nSPS) is 12.1. The van der Waals surface area contributed by atoms with Crippen LogP contribution in [0, 0.1) is 0 Å². The molecule has 0 saturated carbocycles. The van der Waals surface area contributed by atoms with Crippen LogP contribution in [0.5, 0.6) is 0 Å². The average Bonchev–Trinajstić information content (AvgIpc) is 2.61. The number of thiophene rings is 1. The zero-order valence-electron chi connectivity index (χ0n) is 8.14. The predicted molar refractivity (Wildman–Crippen MR) is 65.8 cm³/mol. The van der Waals surface area contributed by atoms with Crippen LogP contribution in [0.1, 0.15) is 30.0 Å². The lowest BCUT2D eigenvalue weighted by Gasteiger charge is -1.96. The highest BCUT2D eigenvalue weighted by molar-refractivity contribution is 9.09. The maximum absolute atomic E-state index is 3.49. The molecule has 1 aromatic heterocycles. The monoisotopic (exact) mass is 258 g/mol. The van der Waals surface area contributed by atoms with Gasteiger partial charge in [-0.25, -0.2) is 0 Å². The van der Waals surface area contributed by atoms with Crippen LogP contribution in [0.25, 0.3) is 6.08 Å². The number of aryl methyl sites for hydroxylation is 1. The molecule has 13 heavy (non-hydrogen) atoms. The van der Waals surface area contributed by atoms with E-state index in [1.54, 1.807) is 0 Å². The van der Waals surface area contributed by atoms with Crippen molar-refractivity contribution in [2.45, 2.75) is 26.7 Å². The smallest absolute Gasteiger partial charge is 0.0273 e. The molecule has 0 saturated heterocycles. The van der Waals surface area contributed by atoms with Crippen LogP contribution < -0.4 is 0 Å². The van der Waals surface area contributed by atoms with Gasteiger partial charge in [-0.3, -0.25) is 0 Å². The van der Waals surface area contributed by atoms with Gasteiger partial charge in [0.2, 0.25) is 0 Å². The third-order valence-corrected chi connectivity index (χ3v) is 3.90. The Morgan fingerprint density at radius 1 is 1.46 bits per heavy atom. The van der Waals surface area contributed by atoms with E-state index in [0.29, 0.717) is 0 Å². The molecule has 0 aliphatic carbocycles. The van der Waals surface area contributed by atoms with E-state index in [1.807, 2.05) is 11.3 Å². The number of alkyl halides is 1. The van der Waals surface area contributed by atoms with Crippen molar-refractivity contribution < 1.29 is 0 Å². The maximum Gasteiger partial charge on any atom is 0.0273 e. The van der Waals surface area contributed by atoms with E-state index in [2.05, 4.69) is 48.0 Å². The molecule has 0 fully saturated rings. The van der Waals surface area contributed by atoms with Gasteiger partial charge in [-0.1, -0.05) is 35.4 Å². The first kappa shape index (κ1) is 11.0. The van der Waals surface area contributed by atoms with Gasteiger partial charge in [-0.05, 0) is 31.1 Å². The molecule has 1 rings (SSSR count). The Kier molecular flexibility index (Phi) is 4.74. The predicted octanol–water partition coefficient (Wildman–Crippen LogP) is 4.50. The first-order valence-corrected chi connectivity index (χ1v) is 6.58. The number of hydrogen-bond acceptors (Lipinski definition) is 1. The van der Waals surface area contributed by atoms with E-state index in [1.165, 1.54) is 15.3 Å². The standard InChI is InChI=1S/C11H15BrS/c1-3-9(8-12)7-11-6-5-10(4-2)13-11/h5-7H,3-4,8H2,1-2H3. The Labute approximate surface area is 92.8 Å². The van der Waals surface area contributed by atoms with Crippen molar-refractivity contribution in [3.05, 3.63) is 27.5 Å². The van der Waals surface area contributed by atoms with Crippen molar-refractivity contribution in [2.75, 3.05) is 5.33 Å². The number of rotatable bonds is 4. The third kappa shape index (κ3) is 3.28. The zero-order chi connectivity index (χ0) is 9.68. The van der Waals surface area contributed by atoms with Crippen LogP contribution in [0.15, 0.2) is 17.7 Å². The molecule has 1 aromatic rings. The minimum atomic E-state index is 0.989. The molecule has 1 heterocycles. The van der Waals surface area contributed by atoms with Crippen LogP contribution in [0.4, 0.5) is 0 Å². The van der Waals surface area contributed by atoms with Crippen molar-refractivity contribution in [3.8, 4) is 0 Å². The summed E-state index contributed by atoms with van der Waals surface area (Å²) in [6.07, 6.45) is 4.57. The fourth-order valence-corrected chi connectivity index (χ4v) is 2.60. The Morgan fingerprint density at radius 3 is 2.69 bits per heavy atom. The minimum Gasteiger partial charge on any atom is -0.141 e. The molecule has 0 aliphatic rings. The van der Waals surface area contributed by atoms with Gasteiger partial charge in [0, 0.05) is 15.1 Å². The van der Waals surface area contributed by atoms with Crippen molar-refractivity contribution in [2.24, 2.45) is 0 Å². The summed E-state index contributed by atoms with van der Waals surface area (Å²) in [6, 6.07) is 4.43. The van der Waals surface area contributed by atoms with Crippen molar-refractivity contribution >= 4 is 33.3 Å². The second kappa shape index (κ2) is 5.61. The second-order valence-corrected chi connectivity index (χ2v) is 4.71. The molecule has 0 spiro atoms. The van der Waals surface area contributed by atoms with Crippen LogP contribution in [0.2, 0.25) is 0 Å². The first-order chi connectivity index (χ1) is 6.30. The fourth-order valence-electron chi connectivity index (χ4n) is 1.10. The molecule has 0 aliphatic heterocycles. The summed E-state index contributed by atoms with van der Waals surface area (Å²) < 4.78 is 0. The summed E-state index contributed by atoms with van der Waals surface area (Å²) in [4.78, 5) is 2.85. The lowest BCUT2D eigenvalue weighted by Crippen LogP contribution is -1.79. The summed E-state index contributed by atoms with van der Waals surface area (Å²) >= 11 is 5.39. The summed E-state index contributed by atoms with van der Waals surface area (Å²) in [6.45, 7) is 4.39. The van der Waals surface area contributed by atoms with Crippen LogP contribution >= 0.6 is 27.3 Å². The van der Waals surface area contributed by atoms with Crippen molar-refractivity contribution in [3.63, 3.8) is 0 Å². The molecular weight excluding hydrogens is 244 g/mol. The Balaban J connectivity index is 2.77. The molecule has 0 N–H and O–H groups in total. The lowest BCUT2D eigenvalue weighted by molar-refractivity contribution is 1.13. The number of hydrogen-bond donors (Lipinski definition) is 0. The molecule has 0 aromatic carbocycles. The molecular formula is C11H15BrS. The van der Waals surface area contributed by atoms with E-state index < -0.39 is 0 Å². The molecule has 0 atom stereocenters. The first-order valence-electron chi connectivity index (χ1n) is 4.64. The highest BCUT2D eigenvalue weighted by Gasteiger charge is 1.97. The quantitative estimate of drug-likeness (QED) is 0.698. The Bertz CT molecular complexity index is 280. The van der Waals surface area contributed by atoms with Gasteiger partial charge in [-0.15, -0.1) is 11.3 Å². The Morgan fingerprint density at radius 2 is 2.23 bits per heavy atom.